The molecule has 0 spiro atoms. The average Bonchev–Trinajstić information content (AvgIpc) is 2.68. The van der Waals surface area contributed by atoms with E-state index in [0.717, 1.165) is 0 Å². The van der Waals surface area contributed by atoms with E-state index in [9.17, 15) is 17.6 Å². The van der Waals surface area contributed by atoms with Crippen molar-refractivity contribution in [3.63, 3.8) is 0 Å². The van der Waals surface area contributed by atoms with Crippen LogP contribution >= 0.6 is 11.6 Å². The number of hydrogen-bond donors (Lipinski definition) is 0. The molecule has 1 aliphatic rings. The van der Waals surface area contributed by atoms with Crippen LogP contribution in [0.2, 0.25) is 5.02 Å². The molecule has 27 heavy (non-hydrogen) atoms. The molecule has 0 N–H and O–H groups in total. The van der Waals surface area contributed by atoms with Crippen molar-refractivity contribution in [2.45, 2.75) is 17.7 Å². The Bertz CT molecular complexity index is 917. The maximum atomic E-state index is 13.1. The Morgan fingerprint density at radius 3 is 2.41 bits per heavy atom. The molecule has 0 aliphatic carbocycles. The van der Waals surface area contributed by atoms with E-state index < -0.39 is 15.9 Å². The highest BCUT2D eigenvalue weighted by Crippen LogP contribution is 2.27. The zero-order valence-corrected chi connectivity index (χ0v) is 16.4. The van der Waals surface area contributed by atoms with Crippen LogP contribution in [-0.2, 0) is 14.8 Å². The summed E-state index contributed by atoms with van der Waals surface area (Å²) in [5, 5.41) is 0.460. The molecule has 3 rings (SSSR count). The number of carbonyl (C=O) groups excluding carboxylic acids is 1. The molecular formula is C19H20ClFN2O3S. The monoisotopic (exact) mass is 410 g/mol. The number of amides is 1. The summed E-state index contributed by atoms with van der Waals surface area (Å²) in [4.78, 5) is 14.4. The van der Waals surface area contributed by atoms with Crippen LogP contribution in [-0.4, -0.2) is 38.8 Å². The summed E-state index contributed by atoms with van der Waals surface area (Å²) in [7, 11) is -2.07. The Morgan fingerprint density at radius 2 is 1.78 bits per heavy atom. The summed E-state index contributed by atoms with van der Waals surface area (Å²) < 4.78 is 40.2. The summed E-state index contributed by atoms with van der Waals surface area (Å²) in [5.41, 5.74) is 0.569. The van der Waals surface area contributed by atoms with Gasteiger partial charge in [-0.3, -0.25) is 4.79 Å². The second kappa shape index (κ2) is 7.96. The highest BCUT2D eigenvalue weighted by Gasteiger charge is 2.34. The van der Waals surface area contributed by atoms with Gasteiger partial charge in [-0.05, 0) is 61.4 Å². The van der Waals surface area contributed by atoms with Gasteiger partial charge in [0.15, 0.2) is 0 Å². The number of benzene rings is 2. The number of rotatable bonds is 4. The number of sulfonamides is 1. The predicted octanol–water partition coefficient (Wildman–Crippen LogP) is 3.54. The largest absolute Gasteiger partial charge is 0.315 e. The summed E-state index contributed by atoms with van der Waals surface area (Å²) in [6, 6.07) is 11.6. The number of piperidine rings is 1. The molecule has 1 atom stereocenters. The van der Waals surface area contributed by atoms with Gasteiger partial charge in [-0.25, -0.2) is 12.8 Å². The van der Waals surface area contributed by atoms with E-state index in [0.29, 0.717) is 30.1 Å². The van der Waals surface area contributed by atoms with E-state index in [4.69, 9.17) is 11.6 Å². The molecular weight excluding hydrogens is 391 g/mol. The smallest absolute Gasteiger partial charge is 0.243 e. The fourth-order valence-corrected chi connectivity index (χ4v) is 4.83. The third-order valence-electron chi connectivity index (χ3n) is 4.73. The Balaban J connectivity index is 1.76. The van der Waals surface area contributed by atoms with Crippen molar-refractivity contribution in [3.05, 3.63) is 59.4 Å². The van der Waals surface area contributed by atoms with Gasteiger partial charge in [0.25, 0.3) is 0 Å². The quantitative estimate of drug-likeness (QED) is 0.774. The Labute approximate surface area is 163 Å². The molecule has 1 fully saturated rings. The van der Waals surface area contributed by atoms with Crippen LogP contribution in [0.4, 0.5) is 10.1 Å². The standard InChI is InChI=1S/C19H20ClFN2O3S/c1-22(17-8-6-16(21)7-9-17)19(24)14-3-2-12-23(13-14)27(25,26)18-10-4-15(20)5-11-18/h4-11,14H,2-3,12-13H2,1H3. The van der Waals surface area contributed by atoms with E-state index in [1.807, 2.05) is 0 Å². The first kappa shape index (κ1) is 19.8. The van der Waals surface area contributed by atoms with Crippen molar-refractivity contribution in [2.75, 3.05) is 25.0 Å². The van der Waals surface area contributed by atoms with Crippen LogP contribution < -0.4 is 4.90 Å². The van der Waals surface area contributed by atoms with Gasteiger partial charge < -0.3 is 4.90 Å². The fraction of sp³-hybridized carbons (Fsp3) is 0.316. The summed E-state index contributed by atoms with van der Waals surface area (Å²) in [5.74, 6) is -1.01. The van der Waals surface area contributed by atoms with E-state index in [1.54, 1.807) is 7.05 Å². The average molecular weight is 411 g/mol. The minimum absolute atomic E-state index is 0.120. The third kappa shape index (κ3) is 4.31. The van der Waals surface area contributed by atoms with Gasteiger partial charge in [-0.15, -0.1) is 0 Å². The molecule has 1 saturated heterocycles. The first-order valence-corrected chi connectivity index (χ1v) is 10.4. The molecule has 1 unspecified atom stereocenters. The summed E-state index contributed by atoms with van der Waals surface area (Å²) >= 11 is 5.83. The van der Waals surface area contributed by atoms with Crippen LogP contribution in [0, 0.1) is 11.7 Å². The molecule has 2 aromatic rings. The van der Waals surface area contributed by atoms with Crippen molar-refractivity contribution < 1.29 is 17.6 Å². The highest BCUT2D eigenvalue weighted by molar-refractivity contribution is 7.89. The van der Waals surface area contributed by atoms with E-state index in [-0.39, 0.29) is 23.2 Å². The highest BCUT2D eigenvalue weighted by atomic mass is 35.5. The molecule has 2 aromatic carbocycles. The molecule has 0 aromatic heterocycles. The second-order valence-corrected chi connectivity index (χ2v) is 8.90. The maximum absolute atomic E-state index is 13.1. The van der Waals surface area contributed by atoms with E-state index in [2.05, 4.69) is 0 Å². The lowest BCUT2D eigenvalue weighted by atomic mass is 9.98. The van der Waals surface area contributed by atoms with Gasteiger partial charge in [-0.1, -0.05) is 11.6 Å². The van der Waals surface area contributed by atoms with Gasteiger partial charge in [0.1, 0.15) is 5.82 Å². The summed E-state index contributed by atoms with van der Waals surface area (Å²) in [6.45, 7) is 0.490. The zero-order chi connectivity index (χ0) is 19.6. The molecule has 0 bridgehead atoms. The zero-order valence-electron chi connectivity index (χ0n) is 14.8. The molecule has 1 amide bonds. The minimum atomic E-state index is -3.69. The molecule has 8 heteroatoms. The molecule has 144 valence electrons. The Morgan fingerprint density at radius 1 is 1.15 bits per heavy atom. The van der Waals surface area contributed by atoms with Gasteiger partial charge in [0, 0.05) is 30.8 Å². The fourth-order valence-electron chi connectivity index (χ4n) is 3.18. The minimum Gasteiger partial charge on any atom is -0.315 e. The van der Waals surface area contributed by atoms with Gasteiger partial charge in [0.2, 0.25) is 15.9 Å². The van der Waals surface area contributed by atoms with Crippen LogP contribution in [0.5, 0.6) is 0 Å². The van der Waals surface area contributed by atoms with Crippen LogP contribution in [0.25, 0.3) is 0 Å². The van der Waals surface area contributed by atoms with Crippen molar-refractivity contribution in [3.8, 4) is 0 Å². The SMILES string of the molecule is CN(C(=O)C1CCCN(S(=O)(=O)c2ccc(Cl)cc2)C1)c1ccc(F)cc1. The van der Waals surface area contributed by atoms with Gasteiger partial charge in [-0.2, -0.15) is 4.31 Å². The van der Waals surface area contributed by atoms with Crippen molar-refractivity contribution in [2.24, 2.45) is 5.92 Å². The number of halogens is 2. The lowest BCUT2D eigenvalue weighted by molar-refractivity contribution is -0.123. The maximum Gasteiger partial charge on any atom is 0.243 e. The molecule has 0 saturated carbocycles. The van der Waals surface area contributed by atoms with E-state index >= 15 is 0 Å². The van der Waals surface area contributed by atoms with Crippen LogP contribution in [0.1, 0.15) is 12.8 Å². The first-order valence-electron chi connectivity index (χ1n) is 8.58. The van der Waals surface area contributed by atoms with Gasteiger partial charge >= 0.3 is 0 Å². The Kier molecular flexibility index (Phi) is 5.83. The lowest BCUT2D eigenvalue weighted by Gasteiger charge is -2.33. The summed E-state index contributed by atoms with van der Waals surface area (Å²) in [6.07, 6.45) is 1.21. The second-order valence-electron chi connectivity index (χ2n) is 6.53. The molecule has 1 heterocycles. The Hall–Kier alpha value is -1.96. The van der Waals surface area contributed by atoms with Gasteiger partial charge in [0.05, 0.1) is 10.8 Å². The predicted molar refractivity (Wildman–Crippen MR) is 103 cm³/mol. The van der Waals surface area contributed by atoms with Crippen molar-refractivity contribution in [1.82, 2.24) is 4.31 Å². The number of carbonyl (C=O) groups is 1. The topological polar surface area (TPSA) is 57.7 Å². The third-order valence-corrected chi connectivity index (χ3v) is 6.86. The normalized spacial score (nSPS) is 18.3. The molecule has 0 radical (unpaired) electrons. The van der Waals surface area contributed by atoms with Crippen LogP contribution in [0.3, 0.4) is 0 Å². The van der Waals surface area contributed by atoms with E-state index in [1.165, 1.54) is 57.7 Å². The lowest BCUT2D eigenvalue weighted by Crippen LogP contribution is -2.45. The first-order chi connectivity index (χ1) is 12.8. The number of hydrogen-bond acceptors (Lipinski definition) is 3. The number of nitrogens with zero attached hydrogens (tertiary/aromatic N) is 2. The number of anilines is 1. The molecule has 5 nitrogen and oxygen atoms in total. The molecule has 1 aliphatic heterocycles. The van der Waals surface area contributed by atoms with Crippen LogP contribution in [0.15, 0.2) is 53.4 Å². The van der Waals surface area contributed by atoms with Crippen molar-refractivity contribution in [1.29, 1.82) is 0 Å². The van der Waals surface area contributed by atoms with Crippen molar-refractivity contribution >= 4 is 33.2 Å².